The van der Waals surface area contributed by atoms with Crippen molar-refractivity contribution in [2.75, 3.05) is 7.11 Å². The normalized spacial score (nSPS) is 12.4. The Bertz CT molecular complexity index is 753. The molecule has 0 spiro atoms. The second-order valence-corrected chi connectivity index (χ2v) is 6.37. The molecule has 25 heavy (non-hydrogen) atoms. The van der Waals surface area contributed by atoms with Gasteiger partial charge in [0.25, 0.3) is 0 Å². The monoisotopic (exact) mass is 344 g/mol. The molecular formula is C18H24N4O3. The molecule has 0 aliphatic heterocycles. The highest BCUT2D eigenvalue weighted by molar-refractivity contribution is 5.89. The summed E-state index contributed by atoms with van der Waals surface area (Å²) >= 11 is 0. The van der Waals surface area contributed by atoms with Crippen LogP contribution < -0.4 is 10.6 Å². The molecular weight excluding hydrogens is 320 g/mol. The Morgan fingerprint density at radius 3 is 2.48 bits per heavy atom. The maximum absolute atomic E-state index is 12.5. The first-order valence-electron chi connectivity index (χ1n) is 8.03. The van der Waals surface area contributed by atoms with Crippen molar-refractivity contribution in [2.45, 2.75) is 39.3 Å². The quantitative estimate of drug-likeness (QED) is 0.873. The van der Waals surface area contributed by atoms with E-state index in [1.54, 1.807) is 20.0 Å². The molecule has 2 amide bonds. The number of nitrogens with zero attached hydrogens (tertiary/aromatic N) is 2. The lowest BCUT2D eigenvalue weighted by Gasteiger charge is -2.26. The summed E-state index contributed by atoms with van der Waals surface area (Å²) < 4.78 is 6.38. The van der Waals surface area contributed by atoms with Gasteiger partial charge in [-0.05, 0) is 39.8 Å². The molecule has 0 radical (unpaired) electrons. The van der Waals surface area contributed by atoms with Gasteiger partial charge in [-0.1, -0.05) is 18.2 Å². The van der Waals surface area contributed by atoms with E-state index in [4.69, 9.17) is 0 Å². The van der Waals surface area contributed by atoms with Gasteiger partial charge >= 0.3 is 6.09 Å². The number of hydrogen-bond donors (Lipinski definition) is 2. The largest absolute Gasteiger partial charge is 0.453 e. The summed E-state index contributed by atoms with van der Waals surface area (Å²) in [6.07, 6.45) is 1.09. The number of rotatable bonds is 5. The van der Waals surface area contributed by atoms with Crippen molar-refractivity contribution in [3.05, 3.63) is 47.8 Å². The molecule has 0 aliphatic rings. The Balaban J connectivity index is 2.14. The summed E-state index contributed by atoms with van der Waals surface area (Å²) in [5.41, 5.74) is 1.71. The Labute approximate surface area is 147 Å². The topological polar surface area (TPSA) is 85.2 Å². The maximum Gasteiger partial charge on any atom is 0.407 e. The molecule has 1 heterocycles. The molecule has 2 rings (SSSR count). The lowest BCUT2D eigenvalue weighted by Crippen LogP contribution is -2.55. The zero-order valence-corrected chi connectivity index (χ0v) is 15.2. The van der Waals surface area contributed by atoms with Gasteiger partial charge in [0, 0.05) is 11.3 Å². The molecule has 1 aromatic heterocycles. The number of alkyl carbamates (subject to hydrolysis) is 1. The van der Waals surface area contributed by atoms with Crippen LogP contribution in [0.2, 0.25) is 0 Å². The number of aromatic nitrogens is 2. The third-order valence-corrected chi connectivity index (χ3v) is 4.03. The zero-order valence-electron chi connectivity index (χ0n) is 15.2. The SMILES string of the molecule is COC(=O)NC(C)(C)C(=O)NC(C)c1cnn(-c2ccccc2)c1C. The van der Waals surface area contributed by atoms with Crippen LogP contribution in [0.5, 0.6) is 0 Å². The van der Waals surface area contributed by atoms with Crippen LogP contribution in [-0.2, 0) is 9.53 Å². The van der Waals surface area contributed by atoms with Crippen molar-refractivity contribution in [3.8, 4) is 5.69 Å². The molecule has 1 atom stereocenters. The van der Waals surface area contributed by atoms with Gasteiger partial charge in [0.05, 0.1) is 25.0 Å². The molecule has 2 N–H and O–H groups in total. The van der Waals surface area contributed by atoms with E-state index in [9.17, 15) is 9.59 Å². The Hall–Kier alpha value is -2.83. The van der Waals surface area contributed by atoms with Crippen molar-refractivity contribution < 1.29 is 14.3 Å². The van der Waals surface area contributed by atoms with E-state index in [1.807, 2.05) is 48.9 Å². The minimum Gasteiger partial charge on any atom is -0.453 e. The number of para-hydroxylation sites is 1. The fourth-order valence-electron chi connectivity index (χ4n) is 2.49. The first-order chi connectivity index (χ1) is 11.8. The molecule has 1 unspecified atom stereocenters. The van der Waals surface area contributed by atoms with E-state index >= 15 is 0 Å². The van der Waals surface area contributed by atoms with Crippen molar-refractivity contribution in [3.63, 3.8) is 0 Å². The molecule has 2 aromatic rings. The molecule has 7 heteroatoms. The molecule has 7 nitrogen and oxygen atoms in total. The fraction of sp³-hybridized carbons (Fsp3) is 0.389. The van der Waals surface area contributed by atoms with E-state index < -0.39 is 11.6 Å². The minimum atomic E-state index is -1.09. The molecule has 0 saturated carbocycles. The van der Waals surface area contributed by atoms with Crippen molar-refractivity contribution in [1.82, 2.24) is 20.4 Å². The summed E-state index contributed by atoms with van der Waals surface area (Å²) in [5.74, 6) is -0.308. The number of carbonyl (C=O) groups excluding carboxylic acids is 2. The highest BCUT2D eigenvalue weighted by atomic mass is 16.5. The van der Waals surface area contributed by atoms with Gasteiger partial charge in [-0.25, -0.2) is 9.48 Å². The number of ether oxygens (including phenoxy) is 1. The smallest absolute Gasteiger partial charge is 0.407 e. The number of benzene rings is 1. The number of methoxy groups -OCH3 is 1. The molecule has 0 bridgehead atoms. The summed E-state index contributed by atoms with van der Waals surface area (Å²) in [7, 11) is 1.26. The lowest BCUT2D eigenvalue weighted by molar-refractivity contribution is -0.126. The molecule has 1 aromatic carbocycles. The highest BCUT2D eigenvalue weighted by Crippen LogP contribution is 2.20. The standard InChI is InChI=1S/C18H24N4O3/c1-12(20-16(23)18(3,4)21-17(24)25-5)15-11-19-22(13(15)2)14-9-7-6-8-10-14/h6-12H,1-5H3,(H,20,23)(H,21,24). The van der Waals surface area contributed by atoms with Gasteiger partial charge in [0.1, 0.15) is 5.54 Å². The predicted octanol–water partition coefficient (Wildman–Crippen LogP) is 2.49. The van der Waals surface area contributed by atoms with Gasteiger partial charge in [-0.3, -0.25) is 4.79 Å². The molecule has 0 aliphatic carbocycles. The minimum absolute atomic E-state index is 0.260. The molecule has 0 fully saturated rings. The zero-order chi connectivity index (χ0) is 18.6. The highest BCUT2D eigenvalue weighted by Gasteiger charge is 2.31. The first-order valence-corrected chi connectivity index (χ1v) is 8.03. The van der Waals surface area contributed by atoms with Crippen LogP contribution in [0, 0.1) is 6.92 Å². The lowest BCUT2D eigenvalue weighted by atomic mass is 10.0. The maximum atomic E-state index is 12.5. The van der Waals surface area contributed by atoms with Crippen molar-refractivity contribution in [1.29, 1.82) is 0 Å². The number of amides is 2. The van der Waals surface area contributed by atoms with Crippen LogP contribution in [-0.4, -0.2) is 34.4 Å². The second kappa shape index (κ2) is 7.38. The average molecular weight is 344 g/mol. The summed E-state index contributed by atoms with van der Waals surface area (Å²) in [4.78, 5) is 23.9. The third kappa shape index (κ3) is 4.17. The van der Waals surface area contributed by atoms with E-state index in [0.717, 1.165) is 16.9 Å². The summed E-state index contributed by atoms with van der Waals surface area (Å²) in [6.45, 7) is 7.07. The van der Waals surface area contributed by atoms with Crippen molar-refractivity contribution >= 4 is 12.0 Å². The number of hydrogen-bond acceptors (Lipinski definition) is 4. The van der Waals surface area contributed by atoms with Crippen LogP contribution in [0.4, 0.5) is 4.79 Å². The van der Waals surface area contributed by atoms with E-state index in [2.05, 4.69) is 20.5 Å². The van der Waals surface area contributed by atoms with Gasteiger partial charge in [0.2, 0.25) is 5.91 Å². The van der Waals surface area contributed by atoms with Gasteiger partial charge in [0.15, 0.2) is 0 Å². The van der Waals surface area contributed by atoms with Crippen LogP contribution >= 0.6 is 0 Å². The van der Waals surface area contributed by atoms with E-state index in [1.165, 1.54) is 7.11 Å². The summed E-state index contributed by atoms with van der Waals surface area (Å²) in [5, 5.41) is 9.84. The third-order valence-electron chi connectivity index (χ3n) is 4.03. The number of nitrogens with one attached hydrogen (secondary N) is 2. The number of carbonyl (C=O) groups is 2. The Morgan fingerprint density at radius 1 is 1.24 bits per heavy atom. The average Bonchev–Trinajstić information content (AvgIpc) is 2.96. The van der Waals surface area contributed by atoms with Crippen molar-refractivity contribution in [2.24, 2.45) is 0 Å². The Morgan fingerprint density at radius 2 is 1.88 bits per heavy atom. The van der Waals surface area contributed by atoms with Crippen LogP contribution in [0.3, 0.4) is 0 Å². The van der Waals surface area contributed by atoms with Gasteiger partial charge in [-0.2, -0.15) is 5.10 Å². The molecule has 134 valence electrons. The van der Waals surface area contributed by atoms with Crippen LogP contribution in [0.15, 0.2) is 36.5 Å². The van der Waals surface area contributed by atoms with E-state index in [0.29, 0.717) is 0 Å². The fourth-order valence-corrected chi connectivity index (χ4v) is 2.49. The predicted molar refractivity (Wildman–Crippen MR) is 94.5 cm³/mol. The summed E-state index contributed by atoms with van der Waals surface area (Å²) in [6, 6.07) is 9.52. The Kier molecular flexibility index (Phi) is 5.46. The first kappa shape index (κ1) is 18.5. The van der Waals surface area contributed by atoms with Gasteiger partial charge in [-0.15, -0.1) is 0 Å². The van der Waals surface area contributed by atoms with Gasteiger partial charge < -0.3 is 15.4 Å². The van der Waals surface area contributed by atoms with Crippen LogP contribution in [0.25, 0.3) is 5.69 Å². The molecule has 0 saturated heterocycles. The van der Waals surface area contributed by atoms with E-state index in [-0.39, 0.29) is 11.9 Å². The van der Waals surface area contributed by atoms with Crippen LogP contribution in [0.1, 0.15) is 38.1 Å². The second-order valence-electron chi connectivity index (χ2n) is 6.37.